The molecule has 0 saturated carbocycles. The summed E-state index contributed by atoms with van der Waals surface area (Å²) < 4.78 is 5.22. The van der Waals surface area contributed by atoms with Gasteiger partial charge in [-0.1, -0.05) is 20.3 Å². The maximum absolute atomic E-state index is 11.9. The van der Waals surface area contributed by atoms with E-state index in [9.17, 15) is 19.2 Å². The summed E-state index contributed by atoms with van der Waals surface area (Å²) in [6.07, 6.45) is 0.657. The third-order valence-electron chi connectivity index (χ3n) is 3.60. The lowest BCUT2D eigenvalue weighted by atomic mass is 9.97. The second-order valence-corrected chi connectivity index (χ2v) is 5.35. The van der Waals surface area contributed by atoms with E-state index >= 15 is 0 Å². The fraction of sp³-hybridized carbons (Fsp3) is 0.600. The van der Waals surface area contributed by atoms with Crippen LogP contribution in [0, 0.1) is 5.92 Å². The highest BCUT2D eigenvalue weighted by Gasteiger charge is 2.39. The molecule has 2 N–H and O–H groups in total. The molecule has 0 aromatic carbocycles. The monoisotopic (exact) mass is 311 g/mol. The van der Waals surface area contributed by atoms with Crippen molar-refractivity contribution in [1.29, 1.82) is 0 Å². The number of aliphatic carboxylic acids is 1. The Kier molecular flexibility index (Phi) is 6.27. The molecular formula is C15H21NO6. The van der Waals surface area contributed by atoms with Crippen molar-refractivity contribution in [3.8, 4) is 0 Å². The molecule has 2 atom stereocenters. The smallest absolute Gasteiger partial charge is 0.310 e. The lowest BCUT2D eigenvalue weighted by Gasteiger charge is -2.20. The maximum Gasteiger partial charge on any atom is 0.310 e. The number of ether oxygens (including phenoxy) is 1. The molecule has 7 heteroatoms. The zero-order chi connectivity index (χ0) is 16.9. The van der Waals surface area contributed by atoms with Gasteiger partial charge in [-0.3, -0.25) is 19.2 Å². The van der Waals surface area contributed by atoms with E-state index in [4.69, 9.17) is 9.84 Å². The zero-order valence-electron chi connectivity index (χ0n) is 13.0. The standard InChI is InChI=1S/C15H21NO6/c1-4-8(2)13-14(12(9(3)17)15(21)16-13)22-11(20)7-5-6-10(18)19/h8,13H,4-7H2,1-3H3,(H,16,21)(H,18,19)/t8-,13-/m0/s1. The van der Waals surface area contributed by atoms with E-state index in [2.05, 4.69) is 5.32 Å². The van der Waals surface area contributed by atoms with E-state index in [0.717, 1.165) is 6.42 Å². The van der Waals surface area contributed by atoms with Crippen LogP contribution < -0.4 is 5.32 Å². The minimum absolute atomic E-state index is 0.00243. The summed E-state index contributed by atoms with van der Waals surface area (Å²) in [4.78, 5) is 45.7. The molecule has 0 bridgehead atoms. The summed E-state index contributed by atoms with van der Waals surface area (Å²) in [7, 11) is 0. The molecule has 1 heterocycles. The van der Waals surface area contributed by atoms with Crippen molar-refractivity contribution in [3.63, 3.8) is 0 Å². The number of rotatable bonds is 8. The first-order chi connectivity index (χ1) is 10.3. The average molecular weight is 311 g/mol. The first kappa shape index (κ1) is 17.9. The summed E-state index contributed by atoms with van der Waals surface area (Å²) in [6.45, 7) is 5.05. The number of ketones is 1. The minimum Gasteiger partial charge on any atom is -0.481 e. The van der Waals surface area contributed by atoms with Gasteiger partial charge in [0.2, 0.25) is 0 Å². The number of hydrogen-bond donors (Lipinski definition) is 2. The number of carboxylic acid groups (broad SMARTS) is 1. The third kappa shape index (κ3) is 4.41. The highest BCUT2D eigenvalue weighted by molar-refractivity contribution is 6.20. The van der Waals surface area contributed by atoms with Gasteiger partial charge in [0.1, 0.15) is 11.3 Å². The van der Waals surface area contributed by atoms with Crippen molar-refractivity contribution in [2.45, 2.75) is 52.5 Å². The number of carbonyl (C=O) groups is 4. The van der Waals surface area contributed by atoms with Gasteiger partial charge in [0, 0.05) is 12.8 Å². The number of hydrogen-bond acceptors (Lipinski definition) is 5. The lowest BCUT2D eigenvalue weighted by Crippen LogP contribution is -2.35. The van der Waals surface area contributed by atoms with Crippen LogP contribution in [0.15, 0.2) is 11.3 Å². The molecule has 1 rings (SSSR count). The highest BCUT2D eigenvalue weighted by Crippen LogP contribution is 2.27. The summed E-state index contributed by atoms with van der Waals surface area (Å²) in [5, 5.41) is 11.2. The predicted octanol–water partition coefficient (Wildman–Crippen LogP) is 1.17. The Morgan fingerprint density at radius 1 is 1.32 bits per heavy atom. The molecule has 0 radical (unpaired) electrons. The van der Waals surface area contributed by atoms with Crippen LogP contribution in [0.1, 0.15) is 46.5 Å². The van der Waals surface area contributed by atoms with Crippen LogP contribution in [0.4, 0.5) is 0 Å². The van der Waals surface area contributed by atoms with E-state index < -0.39 is 29.7 Å². The third-order valence-corrected chi connectivity index (χ3v) is 3.60. The quantitative estimate of drug-likeness (QED) is 0.514. The summed E-state index contributed by atoms with van der Waals surface area (Å²) in [5.74, 6) is -2.57. The van der Waals surface area contributed by atoms with Gasteiger partial charge < -0.3 is 15.2 Å². The molecule has 1 amide bonds. The molecule has 0 fully saturated rings. The Morgan fingerprint density at radius 3 is 2.45 bits per heavy atom. The minimum atomic E-state index is -0.994. The topological polar surface area (TPSA) is 110 Å². The van der Waals surface area contributed by atoms with Gasteiger partial charge in [-0.25, -0.2) is 0 Å². The van der Waals surface area contributed by atoms with Crippen LogP contribution in [0.25, 0.3) is 0 Å². The molecule has 122 valence electrons. The summed E-state index contributed by atoms with van der Waals surface area (Å²) in [6, 6.07) is -0.514. The molecule has 7 nitrogen and oxygen atoms in total. The Labute approximate surface area is 128 Å². The first-order valence-electron chi connectivity index (χ1n) is 7.26. The number of carbonyl (C=O) groups excluding carboxylic acids is 3. The van der Waals surface area contributed by atoms with Gasteiger partial charge in [0.15, 0.2) is 5.78 Å². The van der Waals surface area contributed by atoms with Crippen molar-refractivity contribution >= 4 is 23.6 Å². The molecule has 0 unspecified atom stereocenters. The van der Waals surface area contributed by atoms with E-state index in [0.29, 0.717) is 0 Å². The van der Waals surface area contributed by atoms with Crippen LogP contribution in [0.2, 0.25) is 0 Å². The van der Waals surface area contributed by atoms with E-state index in [-0.39, 0.29) is 36.5 Å². The predicted molar refractivity (Wildman–Crippen MR) is 76.7 cm³/mol. The van der Waals surface area contributed by atoms with Gasteiger partial charge in [0.25, 0.3) is 5.91 Å². The number of Topliss-reactive ketones (excluding diaryl/α,β-unsaturated/α-hetero) is 1. The van der Waals surface area contributed by atoms with E-state index in [1.807, 2.05) is 13.8 Å². The van der Waals surface area contributed by atoms with E-state index in [1.54, 1.807) is 0 Å². The van der Waals surface area contributed by atoms with Crippen molar-refractivity contribution in [2.24, 2.45) is 5.92 Å². The molecular weight excluding hydrogens is 290 g/mol. The van der Waals surface area contributed by atoms with Crippen LogP contribution in [0.5, 0.6) is 0 Å². The van der Waals surface area contributed by atoms with Gasteiger partial charge in [-0.15, -0.1) is 0 Å². The number of nitrogens with one attached hydrogen (secondary N) is 1. The average Bonchev–Trinajstić information content (AvgIpc) is 2.74. The molecule has 0 aromatic rings. The van der Waals surface area contributed by atoms with E-state index in [1.165, 1.54) is 6.92 Å². The van der Waals surface area contributed by atoms with Crippen LogP contribution >= 0.6 is 0 Å². The van der Waals surface area contributed by atoms with Crippen molar-refractivity contribution in [1.82, 2.24) is 5.32 Å². The molecule has 1 aliphatic heterocycles. The van der Waals surface area contributed by atoms with Crippen LogP contribution in [0.3, 0.4) is 0 Å². The van der Waals surface area contributed by atoms with Gasteiger partial charge in [-0.2, -0.15) is 0 Å². The summed E-state index contributed by atoms with van der Waals surface area (Å²) >= 11 is 0. The molecule has 0 saturated heterocycles. The second-order valence-electron chi connectivity index (χ2n) is 5.35. The van der Waals surface area contributed by atoms with Crippen LogP contribution in [-0.2, 0) is 23.9 Å². The summed E-state index contributed by atoms with van der Waals surface area (Å²) in [5.41, 5.74) is -0.128. The Balaban J connectivity index is 2.87. The number of amides is 1. The largest absolute Gasteiger partial charge is 0.481 e. The molecule has 0 aliphatic carbocycles. The van der Waals surface area contributed by atoms with Crippen LogP contribution in [-0.4, -0.2) is 34.8 Å². The fourth-order valence-electron chi connectivity index (χ4n) is 2.19. The number of carboxylic acids is 1. The van der Waals surface area contributed by atoms with Crippen molar-refractivity contribution in [2.75, 3.05) is 0 Å². The molecule has 22 heavy (non-hydrogen) atoms. The first-order valence-corrected chi connectivity index (χ1v) is 7.26. The van der Waals surface area contributed by atoms with Crippen molar-refractivity contribution in [3.05, 3.63) is 11.3 Å². The Hall–Kier alpha value is -2.18. The normalized spacial score (nSPS) is 18.9. The SMILES string of the molecule is CC[C@H](C)[C@@H]1NC(=O)C(C(C)=O)=C1OC(=O)CCCC(=O)O. The fourth-order valence-corrected chi connectivity index (χ4v) is 2.19. The Bertz CT molecular complexity index is 522. The van der Waals surface area contributed by atoms with Gasteiger partial charge >= 0.3 is 11.9 Å². The highest BCUT2D eigenvalue weighted by atomic mass is 16.5. The zero-order valence-corrected chi connectivity index (χ0v) is 13.0. The van der Waals surface area contributed by atoms with Gasteiger partial charge in [0.05, 0.1) is 6.04 Å². The molecule has 0 aromatic heterocycles. The Morgan fingerprint density at radius 2 is 1.95 bits per heavy atom. The second kappa shape index (κ2) is 7.72. The van der Waals surface area contributed by atoms with Gasteiger partial charge in [-0.05, 0) is 19.3 Å². The molecule has 1 aliphatic rings. The maximum atomic E-state index is 11.9. The number of esters is 1. The lowest BCUT2D eigenvalue weighted by molar-refractivity contribution is -0.140. The molecule has 0 spiro atoms. The van der Waals surface area contributed by atoms with Crippen molar-refractivity contribution < 1.29 is 29.0 Å².